The molecule has 0 bridgehead atoms. The van der Waals surface area contributed by atoms with Gasteiger partial charge in [0.2, 0.25) is 17.7 Å². The highest BCUT2D eigenvalue weighted by Gasteiger charge is 2.26. The van der Waals surface area contributed by atoms with Gasteiger partial charge in [0.25, 0.3) is 0 Å². The first-order valence-electron chi connectivity index (χ1n) is 4.18. The molecule has 1 saturated heterocycles. The first-order valence-corrected chi connectivity index (χ1v) is 4.18. The summed E-state index contributed by atoms with van der Waals surface area (Å²) in [6, 6.07) is 0. The Labute approximate surface area is 80.2 Å². The fraction of sp³-hybridized carbons (Fsp3) is 0.500. The van der Waals surface area contributed by atoms with E-state index in [2.05, 4.69) is 5.32 Å². The van der Waals surface area contributed by atoms with E-state index in [-0.39, 0.29) is 25.9 Å². The summed E-state index contributed by atoms with van der Waals surface area (Å²) in [5.74, 6) is -1.48. The minimum Gasteiger partial charge on any atom is -0.347 e. The van der Waals surface area contributed by atoms with E-state index in [9.17, 15) is 19.2 Å². The standard InChI is InChI=1S/C8H10N2O4/c11-3-1-2-10-7(13)4-6(12)9-5-8(10)14/h3H,1-2,4-5H2,(H,9,12). The van der Waals surface area contributed by atoms with Crippen LogP contribution in [0.5, 0.6) is 0 Å². The van der Waals surface area contributed by atoms with Crippen molar-refractivity contribution in [3.8, 4) is 0 Å². The Morgan fingerprint density at radius 1 is 1.29 bits per heavy atom. The average molecular weight is 198 g/mol. The third kappa shape index (κ3) is 2.38. The van der Waals surface area contributed by atoms with Crippen molar-refractivity contribution in [1.82, 2.24) is 10.2 Å². The van der Waals surface area contributed by atoms with Crippen LogP contribution >= 0.6 is 0 Å². The first kappa shape index (κ1) is 10.4. The fourth-order valence-electron chi connectivity index (χ4n) is 1.14. The fourth-order valence-corrected chi connectivity index (χ4v) is 1.14. The summed E-state index contributed by atoms with van der Waals surface area (Å²) in [6.45, 7) is -0.125. The Bertz CT molecular complexity index is 287. The SMILES string of the molecule is O=CCCN1C(=O)CNC(=O)CC1=O. The number of carbonyl (C=O) groups excluding carboxylic acids is 4. The minimum atomic E-state index is -0.549. The number of nitrogens with zero attached hydrogens (tertiary/aromatic N) is 1. The van der Waals surface area contributed by atoms with Gasteiger partial charge >= 0.3 is 0 Å². The van der Waals surface area contributed by atoms with Crippen LogP contribution in [0, 0.1) is 0 Å². The number of carbonyl (C=O) groups is 4. The van der Waals surface area contributed by atoms with Crippen molar-refractivity contribution in [3.05, 3.63) is 0 Å². The van der Waals surface area contributed by atoms with Gasteiger partial charge in [0, 0.05) is 13.0 Å². The number of amides is 3. The number of hydrogen-bond acceptors (Lipinski definition) is 4. The Morgan fingerprint density at radius 3 is 2.64 bits per heavy atom. The molecule has 0 aromatic heterocycles. The van der Waals surface area contributed by atoms with Crippen molar-refractivity contribution in [1.29, 1.82) is 0 Å². The molecule has 0 spiro atoms. The van der Waals surface area contributed by atoms with Crippen LogP contribution in [0.1, 0.15) is 12.8 Å². The quantitative estimate of drug-likeness (QED) is 0.338. The molecule has 76 valence electrons. The Balaban J connectivity index is 2.68. The third-order valence-electron chi connectivity index (χ3n) is 1.82. The molecule has 0 radical (unpaired) electrons. The van der Waals surface area contributed by atoms with Crippen LogP contribution in [-0.4, -0.2) is 42.0 Å². The second-order valence-electron chi connectivity index (χ2n) is 2.85. The summed E-state index contributed by atoms with van der Waals surface area (Å²) >= 11 is 0. The molecule has 6 heteroatoms. The molecule has 6 nitrogen and oxygen atoms in total. The molecule has 3 amide bonds. The lowest BCUT2D eigenvalue weighted by Crippen LogP contribution is -2.38. The maximum atomic E-state index is 11.3. The van der Waals surface area contributed by atoms with Crippen molar-refractivity contribution >= 4 is 24.0 Å². The lowest BCUT2D eigenvalue weighted by Gasteiger charge is -2.15. The molecule has 0 saturated carbocycles. The highest BCUT2D eigenvalue weighted by atomic mass is 16.2. The van der Waals surface area contributed by atoms with Crippen molar-refractivity contribution in [2.45, 2.75) is 12.8 Å². The summed E-state index contributed by atoms with van der Waals surface area (Å²) in [4.78, 5) is 44.4. The second kappa shape index (κ2) is 4.50. The summed E-state index contributed by atoms with van der Waals surface area (Å²) in [6.07, 6.45) is 0.400. The molecular formula is C8H10N2O4. The Morgan fingerprint density at radius 2 is 2.00 bits per heavy atom. The smallest absolute Gasteiger partial charge is 0.248 e. The summed E-state index contributed by atoms with van der Waals surface area (Å²) in [5.41, 5.74) is 0. The minimum absolute atomic E-state index is 0.0517. The molecule has 1 aliphatic heterocycles. The molecular weight excluding hydrogens is 188 g/mol. The zero-order chi connectivity index (χ0) is 10.6. The highest BCUT2D eigenvalue weighted by molar-refractivity contribution is 6.08. The molecule has 1 rings (SSSR count). The van der Waals surface area contributed by atoms with E-state index < -0.39 is 17.7 Å². The molecule has 1 N–H and O–H groups in total. The zero-order valence-corrected chi connectivity index (χ0v) is 7.49. The molecule has 1 fully saturated rings. The van der Waals surface area contributed by atoms with Crippen LogP contribution in [0.2, 0.25) is 0 Å². The summed E-state index contributed by atoms with van der Waals surface area (Å²) < 4.78 is 0. The van der Waals surface area contributed by atoms with Crippen LogP contribution in [0.3, 0.4) is 0 Å². The number of hydrogen-bond donors (Lipinski definition) is 1. The van der Waals surface area contributed by atoms with Crippen molar-refractivity contribution in [2.75, 3.05) is 13.1 Å². The van der Waals surface area contributed by atoms with Crippen LogP contribution in [0.4, 0.5) is 0 Å². The van der Waals surface area contributed by atoms with Gasteiger partial charge in [0.05, 0.1) is 6.54 Å². The van der Waals surface area contributed by atoms with E-state index in [0.717, 1.165) is 4.90 Å². The first-order chi connectivity index (χ1) is 6.65. The van der Waals surface area contributed by atoms with Gasteiger partial charge in [0.1, 0.15) is 12.7 Å². The van der Waals surface area contributed by atoms with Gasteiger partial charge in [-0.3, -0.25) is 19.3 Å². The molecule has 1 aliphatic rings. The lowest BCUT2D eigenvalue weighted by atomic mass is 10.3. The number of rotatable bonds is 3. The van der Waals surface area contributed by atoms with Crippen LogP contribution in [0.15, 0.2) is 0 Å². The predicted octanol–water partition coefficient (Wildman–Crippen LogP) is -1.55. The monoisotopic (exact) mass is 198 g/mol. The topological polar surface area (TPSA) is 83.6 Å². The van der Waals surface area contributed by atoms with Gasteiger partial charge in [-0.15, -0.1) is 0 Å². The van der Waals surface area contributed by atoms with Gasteiger partial charge in [-0.1, -0.05) is 0 Å². The zero-order valence-electron chi connectivity index (χ0n) is 7.49. The average Bonchev–Trinajstić information content (AvgIpc) is 2.25. The van der Waals surface area contributed by atoms with E-state index in [0.29, 0.717) is 6.29 Å². The molecule has 0 aromatic carbocycles. The van der Waals surface area contributed by atoms with Gasteiger partial charge in [0.15, 0.2) is 0 Å². The third-order valence-corrected chi connectivity index (χ3v) is 1.82. The van der Waals surface area contributed by atoms with E-state index >= 15 is 0 Å². The van der Waals surface area contributed by atoms with Gasteiger partial charge in [-0.25, -0.2) is 0 Å². The van der Waals surface area contributed by atoms with Gasteiger partial charge in [-0.2, -0.15) is 0 Å². The predicted molar refractivity (Wildman–Crippen MR) is 45.0 cm³/mol. The van der Waals surface area contributed by atoms with Crippen molar-refractivity contribution < 1.29 is 19.2 Å². The molecule has 14 heavy (non-hydrogen) atoms. The van der Waals surface area contributed by atoms with E-state index in [1.165, 1.54) is 0 Å². The number of nitrogens with one attached hydrogen (secondary N) is 1. The highest BCUT2D eigenvalue weighted by Crippen LogP contribution is 2.00. The molecule has 0 aromatic rings. The van der Waals surface area contributed by atoms with Crippen LogP contribution in [-0.2, 0) is 19.2 Å². The van der Waals surface area contributed by atoms with Crippen molar-refractivity contribution in [2.24, 2.45) is 0 Å². The molecule has 0 atom stereocenters. The molecule has 0 unspecified atom stereocenters. The lowest BCUT2D eigenvalue weighted by molar-refractivity contribution is -0.143. The Kier molecular flexibility index (Phi) is 3.33. The van der Waals surface area contributed by atoms with Gasteiger partial charge < -0.3 is 10.1 Å². The normalized spacial score (nSPS) is 17.7. The second-order valence-corrected chi connectivity index (χ2v) is 2.85. The van der Waals surface area contributed by atoms with Gasteiger partial charge in [-0.05, 0) is 0 Å². The molecule has 1 heterocycles. The number of imide groups is 1. The van der Waals surface area contributed by atoms with E-state index in [4.69, 9.17) is 0 Å². The largest absolute Gasteiger partial charge is 0.347 e. The van der Waals surface area contributed by atoms with Crippen LogP contribution in [0.25, 0.3) is 0 Å². The van der Waals surface area contributed by atoms with E-state index in [1.807, 2.05) is 0 Å². The van der Waals surface area contributed by atoms with Crippen molar-refractivity contribution in [3.63, 3.8) is 0 Å². The summed E-state index contributed by atoms with van der Waals surface area (Å²) in [5, 5.41) is 2.29. The maximum absolute atomic E-state index is 11.3. The van der Waals surface area contributed by atoms with Crippen LogP contribution < -0.4 is 5.32 Å². The van der Waals surface area contributed by atoms with E-state index in [1.54, 1.807) is 0 Å². The molecule has 0 aliphatic carbocycles. The Hall–Kier alpha value is -1.72. The maximum Gasteiger partial charge on any atom is 0.248 e. The number of aldehydes is 1. The summed E-state index contributed by atoms with van der Waals surface area (Å²) in [7, 11) is 0.